The second-order valence-corrected chi connectivity index (χ2v) is 3.28. The van der Waals surface area contributed by atoms with E-state index in [1.165, 1.54) is 5.54 Å². The van der Waals surface area contributed by atoms with E-state index >= 15 is 0 Å². The molecule has 0 saturated heterocycles. The molecule has 1 aromatic carbocycles. The predicted octanol–water partition coefficient (Wildman–Crippen LogP) is 2.84. The molecule has 0 heterocycles. The van der Waals surface area contributed by atoms with Crippen molar-refractivity contribution in [2.45, 2.75) is 13.0 Å². The SMILES string of the molecule is C[C@@H](N)c1ccc(OCC=CCl)cc1. The van der Waals surface area contributed by atoms with Crippen molar-refractivity contribution < 1.29 is 4.74 Å². The largest absolute Gasteiger partial charge is 0.490 e. The number of benzene rings is 1. The van der Waals surface area contributed by atoms with E-state index in [9.17, 15) is 0 Å². The molecular weight excluding hydrogens is 198 g/mol. The minimum absolute atomic E-state index is 0.0618. The van der Waals surface area contributed by atoms with Gasteiger partial charge in [-0.3, -0.25) is 0 Å². The zero-order valence-corrected chi connectivity index (χ0v) is 8.87. The van der Waals surface area contributed by atoms with Gasteiger partial charge in [0.25, 0.3) is 0 Å². The van der Waals surface area contributed by atoms with Crippen LogP contribution in [-0.4, -0.2) is 6.61 Å². The van der Waals surface area contributed by atoms with Crippen molar-refractivity contribution in [1.29, 1.82) is 0 Å². The van der Waals surface area contributed by atoms with E-state index in [4.69, 9.17) is 22.1 Å². The van der Waals surface area contributed by atoms with Crippen LogP contribution in [0, 0.1) is 0 Å². The average Bonchev–Trinajstić information content (AvgIpc) is 2.19. The summed E-state index contributed by atoms with van der Waals surface area (Å²) in [5.41, 5.74) is 8.26. The van der Waals surface area contributed by atoms with E-state index < -0.39 is 0 Å². The summed E-state index contributed by atoms with van der Waals surface area (Å²) < 4.78 is 5.37. The third-order valence-corrected chi connectivity index (χ3v) is 2.02. The normalized spacial score (nSPS) is 13.1. The van der Waals surface area contributed by atoms with Crippen LogP contribution < -0.4 is 10.5 Å². The fourth-order valence-corrected chi connectivity index (χ4v) is 1.12. The number of halogens is 1. The quantitative estimate of drug-likeness (QED) is 0.831. The Morgan fingerprint density at radius 3 is 2.57 bits per heavy atom. The van der Waals surface area contributed by atoms with Crippen LogP contribution in [0.4, 0.5) is 0 Å². The van der Waals surface area contributed by atoms with Gasteiger partial charge in [0, 0.05) is 11.6 Å². The van der Waals surface area contributed by atoms with Gasteiger partial charge in [-0.05, 0) is 30.7 Å². The molecule has 1 rings (SSSR count). The lowest BCUT2D eigenvalue weighted by Gasteiger charge is -2.07. The zero-order chi connectivity index (χ0) is 10.4. The maximum atomic E-state index is 5.72. The van der Waals surface area contributed by atoms with Crippen LogP contribution >= 0.6 is 11.6 Å². The van der Waals surface area contributed by atoms with E-state index in [2.05, 4.69) is 0 Å². The summed E-state index contributed by atoms with van der Waals surface area (Å²) in [5.74, 6) is 0.823. The monoisotopic (exact) mass is 211 g/mol. The molecule has 0 saturated carbocycles. The van der Waals surface area contributed by atoms with Crippen LogP contribution in [0.25, 0.3) is 0 Å². The van der Waals surface area contributed by atoms with E-state index in [1.807, 2.05) is 31.2 Å². The molecule has 0 spiro atoms. The minimum Gasteiger partial charge on any atom is -0.490 e. The van der Waals surface area contributed by atoms with Crippen molar-refractivity contribution >= 4 is 11.6 Å². The summed E-state index contributed by atoms with van der Waals surface area (Å²) in [7, 11) is 0. The maximum absolute atomic E-state index is 5.72. The van der Waals surface area contributed by atoms with Crippen molar-refractivity contribution in [3.63, 3.8) is 0 Å². The van der Waals surface area contributed by atoms with Gasteiger partial charge in [0.2, 0.25) is 0 Å². The number of hydrogen-bond donors (Lipinski definition) is 1. The van der Waals surface area contributed by atoms with E-state index in [0.29, 0.717) is 6.61 Å². The van der Waals surface area contributed by atoms with Crippen LogP contribution in [0.5, 0.6) is 5.75 Å². The molecule has 2 nitrogen and oxygen atoms in total. The van der Waals surface area contributed by atoms with Gasteiger partial charge in [-0.2, -0.15) is 0 Å². The highest BCUT2D eigenvalue weighted by Crippen LogP contribution is 2.15. The molecule has 0 aliphatic heterocycles. The first-order chi connectivity index (χ1) is 6.74. The molecule has 0 aromatic heterocycles. The Bertz CT molecular complexity index is 293. The van der Waals surface area contributed by atoms with Gasteiger partial charge in [-0.25, -0.2) is 0 Å². The van der Waals surface area contributed by atoms with E-state index in [1.54, 1.807) is 6.08 Å². The number of hydrogen-bond acceptors (Lipinski definition) is 2. The van der Waals surface area contributed by atoms with E-state index in [0.717, 1.165) is 11.3 Å². The van der Waals surface area contributed by atoms with Gasteiger partial charge in [0.15, 0.2) is 0 Å². The average molecular weight is 212 g/mol. The number of ether oxygens (including phenoxy) is 1. The first kappa shape index (κ1) is 11.1. The molecule has 0 unspecified atom stereocenters. The van der Waals surface area contributed by atoms with Crippen LogP contribution in [0.2, 0.25) is 0 Å². The third kappa shape index (κ3) is 3.40. The van der Waals surface area contributed by atoms with Gasteiger partial charge in [0.1, 0.15) is 12.4 Å². The lowest BCUT2D eigenvalue weighted by atomic mass is 10.1. The molecule has 0 amide bonds. The standard InChI is InChI=1S/C11H14ClNO/c1-9(13)10-3-5-11(6-4-10)14-8-2-7-12/h2-7,9H,8,13H2,1H3/t9-/m1/s1. The lowest BCUT2D eigenvalue weighted by molar-refractivity contribution is 0.363. The molecule has 0 fully saturated rings. The fourth-order valence-electron chi connectivity index (χ4n) is 1.05. The zero-order valence-electron chi connectivity index (χ0n) is 8.11. The molecule has 1 atom stereocenters. The smallest absolute Gasteiger partial charge is 0.119 e. The topological polar surface area (TPSA) is 35.2 Å². The predicted molar refractivity (Wildman–Crippen MR) is 59.5 cm³/mol. The van der Waals surface area contributed by atoms with Gasteiger partial charge in [-0.1, -0.05) is 23.7 Å². The number of nitrogens with two attached hydrogens (primary N) is 1. The summed E-state index contributed by atoms with van der Waals surface area (Å²) in [6.45, 7) is 2.44. The molecule has 76 valence electrons. The van der Waals surface area contributed by atoms with Gasteiger partial charge < -0.3 is 10.5 Å². The summed E-state index contributed by atoms with van der Waals surface area (Å²) >= 11 is 5.36. The van der Waals surface area contributed by atoms with Crippen molar-refractivity contribution in [1.82, 2.24) is 0 Å². The summed E-state index contributed by atoms with van der Waals surface area (Å²) in [6.07, 6.45) is 1.74. The maximum Gasteiger partial charge on any atom is 0.119 e. The van der Waals surface area contributed by atoms with Crippen molar-refractivity contribution in [2.24, 2.45) is 5.73 Å². The lowest BCUT2D eigenvalue weighted by Crippen LogP contribution is -2.04. The van der Waals surface area contributed by atoms with Crippen LogP contribution in [0.1, 0.15) is 18.5 Å². The Morgan fingerprint density at radius 1 is 1.43 bits per heavy atom. The van der Waals surface area contributed by atoms with Gasteiger partial charge in [0.05, 0.1) is 0 Å². The second-order valence-electron chi connectivity index (χ2n) is 3.03. The third-order valence-electron chi connectivity index (χ3n) is 1.84. The minimum atomic E-state index is 0.0618. The van der Waals surface area contributed by atoms with Crippen LogP contribution in [0.15, 0.2) is 35.9 Å². The molecule has 2 N–H and O–H groups in total. The molecular formula is C11H14ClNO. The Hall–Kier alpha value is -0.990. The molecule has 0 radical (unpaired) electrons. The Morgan fingerprint density at radius 2 is 2.07 bits per heavy atom. The summed E-state index contributed by atoms with van der Waals surface area (Å²) in [4.78, 5) is 0. The van der Waals surface area contributed by atoms with Crippen molar-refractivity contribution in [3.8, 4) is 5.75 Å². The molecule has 14 heavy (non-hydrogen) atoms. The first-order valence-corrected chi connectivity index (χ1v) is 4.91. The van der Waals surface area contributed by atoms with Gasteiger partial charge >= 0.3 is 0 Å². The summed E-state index contributed by atoms with van der Waals surface area (Å²) in [6, 6.07) is 7.79. The van der Waals surface area contributed by atoms with Gasteiger partial charge in [-0.15, -0.1) is 0 Å². The Kier molecular flexibility index (Phi) is 4.50. The Labute approximate surface area is 89.3 Å². The summed E-state index contributed by atoms with van der Waals surface area (Å²) in [5, 5.41) is 0. The second kappa shape index (κ2) is 5.68. The molecule has 0 bridgehead atoms. The van der Waals surface area contributed by atoms with Crippen molar-refractivity contribution in [2.75, 3.05) is 6.61 Å². The van der Waals surface area contributed by atoms with E-state index in [-0.39, 0.29) is 6.04 Å². The Balaban J connectivity index is 2.55. The van der Waals surface area contributed by atoms with Crippen molar-refractivity contribution in [3.05, 3.63) is 41.4 Å². The van der Waals surface area contributed by atoms with Crippen LogP contribution in [0.3, 0.4) is 0 Å². The molecule has 0 aliphatic rings. The molecule has 1 aromatic rings. The highest BCUT2D eigenvalue weighted by Gasteiger charge is 1.98. The molecule has 3 heteroatoms. The fraction of sp³-hybridized carbons (Fsp3) is 0.273. The molecule has 0 aliphatic carbocycles. The number of rotatable bonds is 4. The van der Waals surface area contributed by atoms with Crippen LogP contribution in [-0.2, 0) is 0 Å². The highest BCUT2D eigenvalue weighted by atomic mass is 35.5. The highest BCUT2D eigenvalue weighted by molar-refractivity contribution is 6.25. The first-order valence-electron chi connectivity index (χ1n) is 4.47.